The van der Waals surface area contributed by atoms with Crippen LogP contribution in [0.3, 0.4) is 0 Å². The summed E-state index contributed by atoms with van der Waals surface area (Å²) in [6.45, 7) is 6.16. The van der Waals surface area contributed by atoms with Gasteiger partial charge in [0.1, 0.15) is 5.56 Å². The molecule has 1 fully saturated rings. The predicted molar refractivity (Wildman–Crippen MR) is 78.2 cm³/mol. The molecule has 2 N–H and O–H groups in total. The van der Waals surface area contributed by atoms with Crippen molar-refractivity contribution in [1.82, 2.24) is 10.2 Å². The quantitative estimate of drug-likeness (QED) is 0.865. The maximum atomic E-state index is 11.6. The molecule has 5 heteroatoms. The van der Waals surface area contributed by atoms with Gasteiger partial charge >= 0.3 is 5.97 Å². The monoisotopic (exact) mass is 277 g/mol. The summed E-state index contributed by atoms with van der Waals surface area (Å²) < 4.78 is 0. The Morgan fingerprint density at radius 2 is 2.05 bits per heavy atom. The first-order chi connectivity index (χ1) is 9.56. The normalized spacial score (nSPS) is 21.9. The standard InChI is InChI=1S/C15H23N3O2/c1-4-11-12(5-2)17-18-14(13(11)15(19)20)16-10-7-6-9(3)8-10/h9-10H,4-8H2,1-3H3,(H,16,18)(H,19,20). The van der Waals surface area contributed by atoms with Crippen LogP contribution in [0.2, 0.25) is 0 Å². The lowest BCUT2D eigenvalue weighted by Gasteiger charge is -2.17. The zero-order valence-corrected chi connectivity index (χ0v) is 12.4. The molecule has 0 spiro atoms. The summed E-state index contributed by atoms with van der Waals surface area (Å²) in [5, 5.41) is 21.1. The minimum absolute atomic E-state index is 0.305. The van der Waals surface area contributed by atoms with E-state index in [1.54, 1.807) is 0 Å². The van der Waals surface area contributed by atoms with Gasteiger partial charge < -0.3 is 10.4 Å². The highest BCUT2D eigenvalue weighted by Crippen LogP contribution is 2.29. The largest absolute Gasteiger partial charge is 0.478 e. The SMILES string of the molecule is CCc1nnc(NC2CCC(C)C2)c(C(=O)O)c1CC. The summed E-state index contributed by atoms with van der Waals surface area (Å²) in [4.78, 5) is 11.6. The van der Waals surface area contributed by atoms with Gasteiger partial charge in [0.05, 0.1) is 5.69 Å². The molecule has 1 heterocycles. The fourth-order valence-electron chi connectivity index (χ4n) is 3.04. The zero-order chi connectivity index (χ0) is 14.7. The van der Waals surface area contributed by atoms with Crippen molar-refractivity contribution in [2.45, 2.75) is 58.9 Å². The molecule has 0 bridgehead atoms. The van der Waals surface area contributed by atoms with Gasteiger partial charge in [-0.15, -0.1) is 5.10 Å². The number of aromatic nitrogens is 2. The number of aryl methyl sites for hydroxylation is 1. The number of hydrogen-bond acceptors (Lipinski definition) is 4. The molecule has 2 unspecified atom stereocenters. The van der Waals surface area contributed by atoms with Crippen LogP contribution in [0.1, 0.15) is 61.6 Å². The van der Waals surface area contributed by atoms with Gasteiger partial charge in [-0.25, -0.2) is 4.79 Å². The van der Waals surface area contributed by atoms with E-state index in [1.807, 2.05) is 13.8 Å². The van der Waals surface area contributed by atoms with Crippen molar-refractivity contribution in [1.29, 1.82) is 0 Å². The van der Waals surface area contributed by atoms with E-state index in [9.17, 15) is 9.90 Å². The van der Waals surface area contributed by atoms with Crippen LogP contribution in [-0.2, 0) is 12.8 Å². The van der Waals surface area contributed by atoms with Gasteiger partial charge in [0.25, 0.3) is 0 Å². The number of carboxylic acid groups (broad SMARTS) is 1. The number of carboxylic acids is 1. The Bertz CT molecular complexity index is 502. The molecule has 0 saturated heterocycles. The lowest BCUT2D eigenvalue weighted by Crippen LogP contribution is -2.21. The van der Waals surface area contributed by atoms with Crippen LogP contribution in [0.4, 0.5) is 5.82 Å². The van der Waals surface area contributed by atoms with Crippen molar-refractivity contribution in [2.24, 2.45) is 5.92 Å². The highest BCUT2D eigenvalue weighted by Gasteiger charge is 2.25. The summed E-state index contributed by atoms with van der Waals surface area (Å²) in [6.07, 6.45) is 4.69. The van der Waals surface area contributed by atoms with Crippen molar-refractivity contribution in [3.63, 3.8) is 0 Å². The van der Waals surface area contributed by atoms with Crippen molar-refractivity contribution < 1.29 is 9.90 Å². The van der Waals surface area contributed by atoms with Gasteiger partial charge in [-0.1, -0.05) is 20.8 Å². The van der Waals surface area contributed by atoms with Gasteiger partial charge in [0, 0.05) is 6.04 Å². The molecular formula is C15H23N3O2. The van der Waals surface area contributed by atoms with Crippen LogP contribution in [0.15, 0.2) is 0 Å². The number of anilines is 1. The lowest BCUT2D eigenvalue weighted by atomic mass is 10.0. The van der Waals surface area contributed by atoms with Crippen LogP contribution >= 0.6 is 0 Å². The second kappa shape index (κ2) is 6.20. The average molecular weight is 277 g/mol. The van der Waals surface area contributed by atoms with Crippen molar-refractivity contribution in [3.05, 3.63) is 16.8 Å². The number of carbonyl (C=O) groups is 1. The van der Waals surface area contributed by atoms with E-state index >= 15 is 0 Å². The maximum Gasteiger partial charge on any atom is 0.339 e. The average Bonchev–Trinajstić information content (AvgIpc) is 2.83. The number of rotatable bonds is 5. The topological polar surface area (TPSA) is 75.1 Å². The first-order valence-corrected chi connectivity index (χ1v) is 7.45. The molecule has 110 valence electrons. The number of hydrogen-bond donors (Lipinski definition) is 2. The number of aromatic carboxylic acids is 1. The summed E-state index contributed by atoms with van der Waals surface area (Å²) in [7, 11) is 0. The lowest BCUT2D eigenvalue weighted by molar-refractivity contribution is 0.0696. The fraction of sp³-hybridized carbons (Fsp3) is 0.667. The molecule has 1 aromatic heterocycles. The first kappa shape index (κ1) is 14.8. The van der Waals surface area contributed by atoms with E-state index in [4.69, 9.17) is 0 Å². The van der Waals surface area contributed by atoms with Crippen LogP contribution < -0.4 is 5.32 Å². The minimum atomic E-state index is -0.917. The first-order valence-electron chi connectivity index (χ1n) is 7.45. The highest BCUT2D eigenvalue weighted by molar-refractivity contribution is 5.95. The molecule has 2 rings (SSSR count). The molecule has 5 nitrogen and oxygen atoms in total. The van der Waals surface area contributed by atoms with Gasteiger partial charge in [-0.05, 0) is 43.6 Å². The summed E-state index contributed by atoms with van der Waals surface area (Å²) in [5.41, 5.74) is 1.90. The second-order valence-electron chi connectivity index (χ2n) is 5.62. The van der Waals surface area contributed by atoms with Crippen LogP contribution in [0.25, 0.3) is 0 Å². The molecule has 2 atom stereocenters. The third-order valence-electron chi connectivity index (χ3n) is 4.10. The van der Waals surface area contributed by atoms with Crippen molar-refractivity contribution in [2.75, 3.05) is 5.32 Å². The molecule has 1 aromatic rings. The molecule has 0 aromatic carbocycles. The molecule has 1 aliphatic carbocycles. The summed E-state index contributed by atoms with van der Waals surface area (Å²) in [6, 6.07) is 0.314. The molecule has 20 heavy (non-hydrogen) atoms. The minimum Gasteiger partial charge on any atom is -0.478 e. The van der Waals surface area contributed by atoms with Crippen LogP contribution in [-0.4, -0.2) is 27.3 Å². The fourth-order valence-corrected chi connectivity index (χ4v) is 3.04. The molecule has 0 amide bonds. The molecule has 1 aliphatic rings. The van der Waals surface area contributed by atoms with Crippen molar-refractivity contribution >= 4 is 11.8 Å². The van der Waals surface area contributed by atoms with E-state index in [-0.39, 0.29) is 0 Å². The molecule has 0 aliphatic heterocycles. The Hall–Kier alpha value is -1.65. The van der Waals surface area contributed by atoms with Gasteiger partial charge in [0.2, 0.25) is 0 Å². The van der Waals surface area contributed by atoms with Gasteiger partial charge in [0.15, 0.2) is 5.82 Å². The van der Waals surface area contributed by atoms with E-state index in [0.29, 0.717) is 36.2 Å². The Kier molecular flexibility index (Phi) is 4.57. The Morgan fingerprint density at radius 1 is 1.30 bits per heavy atom. The van der Waals surface area contributed by atoms with Crippen LogP contribution in [0.5, 0.6) is 0 Å². The van der Waals surface area contributed by atoms with Gasteiger partial charge in [-0.2, -0.15) is 5.10 Å². The predicted octanol–water partition coefficient (Wildman–Crippen LogP) is 2.90. The van der Waals surface area contributed by atoms with E-state index < -0.39 is 5.97 Å². The van der Waals surface area contributed by atoms with E-state index in [1.165, 1.54) is 6.42 Å². The molecular weight excluding hydrogens is 254 g/mol. The third-order valence-corrected chi connectivity index (χ3v) is 4.10. The molecule has 1 saturated carbocycles. The zero-order valence-electron chi connectivity index (χ0n) is 12.4. The van der Waals surface area contributed by atoms with E-state index in [2.05, 4.69) is 22.4 Å². The summed E-state index contributed by atoms with van der Waals surface area (Å²) in [5.74, 6) is 0.208. The number of nitrogens with one attached hydrogen (secondary N) is 1. The summed E-state index contributed by atoms with van der Waals surface area (Å²) >= 11 is 0. The van der Waals surface area contributed by atoms with E-state index in [0.717, 1.165) is 24.1 Å². The smallest absolute Gasteiger partial charge is 0.339 e. The Labute approximate surface area is 119 Å². The maximum absolute atomic E-state index is 11.6. The van der Waals surface area contributed by atoms with Crippen LogP contribution in [0, 0.1) is 5.92 Å². The number of nitrogens with zero attached hydrogens (tertiary/aromatic N) is 2. The Morgan fingerprint density at radius 3 is 2.55 bits per heavy atom. The molecule has 0 radical (unpaired) electrons. The third kappa shape index (κ3) is 2.92. The van der Waals surface area contributed by atoms with Gasteiger partial charge in [-0.3, -0.25) is 0 Å². The van der Waals surface area contributed by atoms with Crippen molar-refractivity contribution in [3.8, 4) is 0 Å². The Balaban J connectivity index is 2.34. The highest BCUT2D eigenvalue weighted by atomic mass is 16.4. The second-order valence-corrected chi connectivity index (χ2v) is 5.62.